The van der Waals surface area contributed by atoms with Crippen molar-refractivity contribution >= 4 is 5.82 Å². The molecule has 18 heavy (non-hydrogen) atoms. The number of aliphatic hydroxyl groups is 1. The highest BCUT2D eigenvalue weighted by Gasteiger charge is 2.40. The predicted molar refractivity (Wildman–Crippen MR) is 56.8 cm³/mol. The number of anilines is 1. The van der Waals surface area contributed by atoms with Gasteiger partial charge in [0.1, 0.15) is 17.5 Å². The van der Waals surface area contributed by atoms with Gasteiger partial charge in [0.05, 0.1) is 17.7 Å². The molecular weight excluding hydrogens is 247 g/mol. The normalized spacial score (nSPS) is 23.4. The molecule has 7 heteroatoms. The fraction of sp³-hybridized carbons (Fsp3) is 0.455. The number of hydrogen-bond donors (Lipinski definition) is 1. The molecule has 0 aromatic carbocycles. The van der Waals surface area contributed by atoms with E-state index in [2.05, 4.69) is 4.98 Å². The Kier molecular flexibility index (Phi) is 2.91. The van der Waals surface area contributed by atoms with Crippen molar-refractivity contribution in [3.8, 4) is 6.07 Å². The van der Waals surface area contributed by atoms with Gasteiger partial charge in [-0.25, -0.2) is 4.98 Å². The Bertz CT molecular complexity index is 509. The molecule has 4 nitrogen and oxygen atoms in total. The Morgan fingerprint density at radius 3 is 2.67 bits per heavy atom. The number of aromatic nitrogens is 1. The van der Waals surface area contributed by atoms with Crippen LogP contribution >= 0.6 is 0 Å². The van der Waals surface area contributed by atoms with Gasteiger partial charge in [0, 0.05) is 12.7 Å². The molecule has 1 fully saturated rings. The molecule has 1 N–H and O–H groups in total. The van der Waals surface area contributed by atoms with Gasteiger partial charge in [-0.1, -0.05) is 0 Å². The number of alkyl halides is 3. The number of rotatable bonds is 1. The third-order valence-electron chi connectivity index (χ3n) is 3.05. The van der Waals surface area contributed by atoms with Gasteiger partial charge in [-0.3, -0.25) is 0 Å². The van der Waals surface area contributed by atoms with Gasteiger partial charge in [-0.05, 0) is 13.0 Å². The molecule has 1 saturated heterocycles. The summed E-state index contributed by atoms with van der Waals surface area (Å²) in [6, 6.07) is 1.99. The molecule has 0 spiro atoms. The molecule has 1 aliphatic rings. The van der Waals surface area contributed by atoms with Crippen molar-refractivity contribution < 1.29 is 18.3 Å². The maximum Gasteiger partial charge on any atom is 0.417 e. The van der Waals surface area contributed by atoms with Crippen LogP contribution in [0.3, 0.4) is 0 Å². The van der Waals surface area contributed by atoms with E-state index in [0.717, 1.165) is 12.3 Å². The van der Waals surface area contributed by atoms with E-state index in [-0.39, 0.29) is 18.4 Å². The van der Waals surface area contributed by atoms with Crippen molar-refractivity contribution in [2.45, 2.75) is 25.2 Å². The number of β-amino-alcohol motifs (C(OH)–C–C–N with tert-alkyl or cyclic N) is 1. The van der Waals surface area contributed by atoms with Crippen LogP contribution in [0.5, 0.6) is 0 Å². The summed E-state index contributed by atoms with van der Waals surface area (Å²) >= 11 is 0. The quantitative estimate of drug-likeness (QED) is 0.829. The summed E-state index contributed by atoms with van der Waals surface area (Å²) in [5.41, 5.74) is -1.49. The molecule has 2 rings (SSSR count). The first-order valence-electron chi connectivity index (χ1n) is 5.27. The van der Waals surface area contributed by atoms with Crippen molar-refractivity contribution in [3.63, 3.8) is 0 Å². The summed E-state index contributed by atoms with van der Waals surface area (Å²) in [5, 5.41) is 18.3. The first kappa shape index (κ1) is 12.6. The summed E-state index contributed by atoms with van der Waals surface area (Å²) in [5.74, 6) is -0.0230. The lowest BCUT2D eigenvalue weighted by atomic mass is 9.99. The van der Waals surface area contributed by atoms with Gasteiger partial charge in [-0.2, -0.15) is 18.4 Å². The van der Waals surface area contributed by atoms with E-state index >= 15 is 0 Å². The second-order valence-electron chi connectivity index (χ2n) is 4.13. The van der Waals surface area contributed by atoms with E-state index in [1.807, 2.05) is 0 Å². The molecule has 1 aromatic heterocycles. The summed E-state index contributed by atoms with van der Waals surface area (Å²) in [6.45, 7) is 1.85. The highest BCUT2D eigenvalue weighted by atomic mass is 19.4. The molecule has 0 radical (unpaired) electrons. The van der Waals surface area contributed by atoms with Crippen LogP contribution in [0.4, 0.5) is 19.0 Å². The topological polar surface area (TPSA) is 60.1 Å². The zero-order chi connectivity index (χ0) is 13.5. The van der Waals surface area contributed by atoms with Gasteiger partial charge < -0.3 is 10.0 Å². The van der Waals surface area contributed by atoms with Crippen molar-refractivity contribution in [2.75, 3.05) is 11.4 Å². The van der Waals surface area contributed by atoms with Crippen molar-refractivity contribution in [1.82, 2.24) is 4.98 Å². The number of hydrogen-bond acceptors (Lipinski definition) is 4. The van der Waals surface area contributed by atoms with E-state index < -0.39 is 23.4 Å². The van der Waals surface area contributed by atoms with Crippen LogP contribution < -0.4 is 4.90 Å². The Balaban J connectivity index is 2.47. The average Bonchev–Trinajstić information content (AvgIpc) is 2.33. The van der Waals surface area contributed by atoms with Crippen LogP contribution in [-0.4, -0.2) is 28.8 Å². The third-order valence-corrected chi connectivity index (χ3v) is 3.05. The Hall–Kier alpha value is -1.81. The van der Waals surface area contributed by atoms with Crippen molar-refractivity contribution in [2.24, 2.45) is 0 Å². The summed E-state index contributed by atoms with van der Waals surface area (Å²) in [6.07, 6.45) is -4.17. The molecule has 0 bridgehead atoms. The molecule has 0 amide bonds. The number of nitrogens with zero attached hydrogens (tertiary/aromatic N) is 3. The smallest absolute Gasteiger partial charge is 0.389 e. The molecule has 1 aromatic rings. The van der Waals surface area contributed by atoms with Crippen LogP contribution in [0.2, 0.25) is 0 Å². The molecule has 2 heterocycles. The minimum absolute atomic E-state index is 0.0230. The van der Waals surface area contributed by atoms with E-state index in [1.165, 1.54) is 4.90 Å². The second kappa shape index (κ2) is 4.14. The third kappa shape index (κ3) is 1.88. The first-order valence-corrected chi connectivity index (χ1v) is 5.27. The minimum atomic E-state index is -4.59. The van der Waals surface area contributed by atoms with Gasteiger partial charge >= 0.3 is 6.18 Å². The number of nitriles is 1. The zero-order valence-corrected chi connectivity index (χ0v) is 9.44. The molecule has 1 aliphatic heterocycles. The summed E-state index contributed by atoms with van der Waals surface area (Å²) in [7, 11) is 0. The largest absolute Gasteiger partial charge is 0.417 e. The van der Waals surface area contributed by atoms with Crippen LogP contribution in [-0.2, 0) is 6.18 Å². The Morgan fingerprint density at radius 1 is 1.56 bits per heavy atom. The molecule has 96 valence electrons. The van der Waals surface area contributed by atoms with Crippen molar-refractivity contribution in [3.05, 3.63) is 23.4 Å². The highest BCUT2D eigenvalue weighted by molar-refractivity contribution is 5.60. The molecule has 0 aliphatic carbocycles. The fourth-order valence-electron chi connectivity index (χ4n) is 1.88. The molecule has 0 saturated carbocycles. The van der Waals surface area contributed by atoms with Crippen molar-refractivity contribution in [1.29, 1.82) is 5.26 Å². The van der Waals surface area contributed by atoms with Gasteiger partial charge in [0.25, 0.3) is 0 Å². The highest BCUT2D eigenvalue weighted by Crippen LogP contribution is 2.36. The SMILES string of the molecule is C[C@H]1[C@H](O)CN1c1nccc(C(F)(F)F)c1C#N. The lowest BCUT2D eigenvalue weighted by Gasteiger charge is -2.44. The van der Waals surface area contributed by atoms with Gasteiger partial charge in [-0.15, -0.1) is 0 Å². The van der Waals surface area contributed by atoms with Crippen LogP contribution in [0.1, 0.15) is 18.1 Å². The zero-order valence-electron chi connectivity index (χ0n) is 9.44. The molecule has 0 unspecified atom stereocenters. The molecule has 2 atom stereocenters. The van der Waals surface area contributed by atoms with E-state index in [9.17, 15) is 18.3 Å². The van der Waals surface area contributed by atoms with Crippen LogP contribution in [0, 0.1) is 11.3 Å². The summed E-state index contributed by atoms with van der Waals surface area (Å²) < 4.78 is 38.2. The second-order valence-corrected chi connectivity index (χ2v) is 4.13. The van der Waals surface area contributed by atoms with Gasteiger partial charge in [0.2, 0.25) is 0 Å². The fourth-order valence-corrected chi connectivity index (χ4v) is 1.88. The number of halogens is 3. The Labute approximate surface area is 101 Å². The number of pyridine rings is 1. The summed E-state index contributed by atoms with van der Waals surface area (Å²) in [4.78, 5) is 5.31. The lowest BCUT2D eigenvalue weighted by Crippen LogP contribution is -2.59. The Morgan fingerprint density at radius 2 is 2.22 bits per heavy atom. The van der Waals surface area contributed by atoms with E-state index in [4.69, 9.17) is 5.26 Å². The van der Waals surface area contributed by atoms with Crippen LogP contribution in [0.25, 0.3) is 0 Å². The standard InChI is InChI=1S/C11H10F3N3O/c1-6-9(18)5-17(6)10-7(4-15)8(2-3-16-10)11(12,13)14/h2-3,6,9,18H,5H2,1H3/t6-,9+/m0/s1. The molecular formula is C11H10F3N3O. The maximum absolute atomic E-state index is 12.7. The average molecular weight is 257 g/mol. The van der Waals surface area contributed by atoms with E-state index in [1.54, 1.807) is 13.0 Å². The maximum atomic E-state index is 12.7. The van der Waals surface area contributed by atoms with Gasteiger partial charge in [0.15, 0.2) is 0 Å². The minimum Gasteiger partial charge on any atom is -0.389 e. The monoisotopic (exact) mass is 257 g/mol. The van der Waals surface area contributed by atoms with E-state index in [0.29, 0.717) is 0 Å². The predicted octanol–water partition coefficient (Wildman–Crippen LogP) is 1.54. The lowest BCUT2D eigenvalue weighted by molar-refractivity contribution is -0.137. The first-order chi connectivity index (χ1) is 8.36. The number of aliphatic hydroxyl groups excluding tert-OH is 1. The van der Waals surface area contributed by atoms with Crippen LogP contribution in [0.15, 0.2) is 12.3 Å².